The van der Waals surface area contributed by atoms with Crippen LogP contribution < -0.4 is 10.6 Å². The summed E-state index contributed by atoms with van der Waals surface area (Å²) in [7, 11) is 0. The second kappa shape index (κ2) is 10.9. The normalized spacial score (nSPS) is 15.3. The number of piperazine rings is 1. The highest BCUT2D eigenvalue weighted by molar-refractivity contribution is 6.04. The number of para-hydroxylation sites is 1. The van der Waals surface area contributed by atoms with Crippen LogP contribution >= 0.6 is 0 Å². The molecular formula is C25H32N4O3. The van der Waals surface area contributed by atoms with Crippen molar-refractivity contribution in [3.8, 4) is 0 Å². The first-order valence-electron chi connectivity index (χ1n) is 11.1. The monoisotopic (exact) mass is 436 g/mol. The molecule has 0 aliphatic carbocycles. The van der Waals surface area contributed by atoms with Gasteiger partial charge in [0.2, 0.25) is 11.8 Å². The highest BCUT2D eigenvalue weighted by atomic mass is 16.2. The Balaban J connectivity index is 1.56. The van der Waals surface area contributed by atoms with Gasteiger partial charge in [-0.3, -0.25) is 19.3 Å². The maximum atomic E-state index is 12.9. The van der Waals surface area contributed by atoms with Crippen molar-refractivity contribution in [2.75, 3.05) is 38.0 Å². The number of amides is 3. The van der Waals surface area contributed by atoms with Crippen LogP contribution in [-0.2, 0) is 9.59 Å². The standard InChI is InChI=1S/C25H32N4O3/c1-18(2)25(32)29-15-13-28(14-16-29)17-23(30)27-22-12-8-7-11-21(22)24(31)26-19(3)20-9-5-4-6-10-20/h4-12,18-19H,13-17H2,1-3H3,(H,26,31)(H,27,30). The van der Waals surface area contributed by atoms with Crippen LogP contribution in [0.4, 0.5) is 5.69 Å². The maximum absolute atomic E-state index is 12.9. The minimum Gasteiger partial charge on any atom is -0.345 e. The Morgan fingerprint density at radius 1 is 0.875 bits per heavy atom. The summed E-state index contributed by atoms with van der Waals surface area (Å²) in [6.45, 7) is 8.51. The van der Waals surface area contributed by atoms with Gasteiger partial charge in [-0.05, 0) is 24.6 Å². The molecule has 1 aliphatic heterocycles. The molecule has 1 saturated heterocycles. The van der Waals surface area contributed by atoms with Crippen LogP contribution in [0.25, 0.3) is 0 Å². The zero-order valence-electron chi connectivity index (χ0n) is 19.0. The second-order valence-electron chi connectivity index (χ2n) is 8.46. The number of carbonyl (C=O) groups excluding carboxylic acids is 3. The third-order valence-corrected chi connectivity index (χ3v) is 5.64. The van der Waals surface area contributed by atoms with E-state index in [0.29, 0.717) is 37.4 Å². The van der Waals surface area contributed by atoms with E-state index in [1.54, 1.807) is 24.3 Å². The molecule has 0 bridgehead atoms. The van der Waals surface area contributed by atoms with Gasteiger partial charge in [-0.2, -0.15) is 0 Å². The molecule has 0 radical (unpaired) electrons. The number of benzene rings is 2. The van der Waals surface area contributed by atoms with E-state index in [4.69, 9.17) is 0 Å². The predicted octanol–water partition coefficient (Wildman–Crippen LogP) is 2.92. The van der Waals surface area contributed by atoms with E-state index >= 15 is 0 Å². The lowest BCUT2D eigenvalue weighted by molar-refractivity contribution is -0.136. The summed E-state index contributed by atoms with van der Waals surface area (Å²) in [5.41, 5.74) is 1.93. The molecule has 1 aliphatic rings. The second-order valence-corrected chi connectivity index (χ2v) is 8.46. The van der Waals surface area contributed by atoms with E-state index in [1.807, 2.05) is 60.9 Å². The highest BCUT2D eigenvalue weighted by Gasteiger charge is 2.24. The molecule has 2 aromatic rings. The van der Waals surface area contributed by atoms with Gasteiger partial charge >= 0.3 is 0 Å². The van der Waals surface area contributed by atoms with Gasteiger partial charge in [0.1, 0.15) is 0 Å². The Hall–Kier alpha value is -3.19. The molecule has 2 N–H and O–H groups in total. The van der Waals surface area contributed by atoms with E-state index in [9.17, 15) is 14.4 Å². The quantitative estimate of drug-likeness (QED) is 0.699. The number of nitrogens with zero attached hydrogens (tertiary/aromatic N) is 2. The molecule has 1 atom stereocenters. The van der Waals surface area contributed by atoms with E-state index in [2.05, 4.69) is 10.6 Å². The van der Waals surface area contributed by atoms with Gasteiger partial charge in [-0.25, -0.2) is 0 Å². The fourth-order valence-electron chi connectivity index (χ4n) is 3.77. The molecule has 0 saturated carbocycles. The van der Waals surface area contributed by atoms with Gasteiger partial charge in [0.15, 0.2) is 0 Å². The molecule has 170 valence electrons. The van der Waals surface area contributed by atoms with E-state index in [-0.39, 0.29) is 36.2 Å². The molecule has 1 heterocycles. The van der Waals surface area contributed by atoms with Gasteiger partial charge in [0.05, 0.1) is 23.8 Å². The fraction of sp³-hybridized carbons (Fsp3) is 0.400. The lowest BCUT2D eigenvalue weighted by Gasteiger charge is -2.35. The van der Waals surface area contributed by atoms with Crippen LogP contribution in [0.2, 0.25) is 0 Å². The van der Waals surface area contributed by atoms with Crippen LogP contribution in [0, 0.1) is 5.92 Å². The van der Waals surface area contributed by atoms with Gasteiger partial charge in [-0.15, -0.1) is 0 Å². The van der Waals surface area contributed by atoms with Crippen LogP contribution in [0.1, 0.15) is 42.7 Å². The van der Waals surface area contributed by atoms with Crippen molar-refractivity contribution in [2.24, 2.45) is 5.92 Å². The summed E-state index contributed by atoms with van der Waals surface area (Å²) in [5.74, 6) is -0.279. The van der Waals surface area contributed by atoms with E-state index in [0.717, 1.165) is 5.56 Å². The summed E-state index contributed by atoms with van der Waals surface area (Å²) in [6.07, 6.45) is 0. The summed E-state index contributed by atoms with van der Waals surface area (Å²) in [4.78, 5) is 41.5. The van der Waals surface area contributed by atoms with Crippen LogP contribution in [0.15, 0.2) is 54.6 Å². The predicted molar refractivity (Wildman–Crippen MR) is 125 cm³/mol. The van der Waals surface area contributed by atoms with Crippen LogP contribution in [-0.4, -0.2) is 60.2 Å². The summed E-state index contributed by atoms with van der Waals surface area (Å²) in [6, 6.07) is 16.6. The molecule has 2 aromatic carbocycles. The Morgan fingerprint density at radius 3 is 2.16 bits per heavy atom. The van der Waals surface area contributed by atoms with Crippen molar-refractivity contribution in [3.05, 3.63) is 65.7 Å². The third-order valence-electron chi connectivity index (χ3n) is 5.64. The number of rotatable bonds is 7. The molecule has 3 rings (SSSR count). The first-order valence-corrected chi connectivity index (χ1v) is 11.1. The molecule has 0 aromatic heterocycles. The molecular weight excluding hydrogens is 404 g/mol. The van der Waals surface area contributed by atoms with Crippen molar-refractivity contribution < 1.29 is 14.4 Å². The lowest BCUT2D eigenvalue weighted by atomic mass is 10.1. The average Bonchev–Trinajstić information content (AvgIpc) is 2.79. The highest BCUT2D eigenvalue weighted by Crippen LogP contribution is 2.18. The number of anilines is 1. The molecule has 7 heteroatoms. The van der Waals surface area contributed by atoms with E-state index < -0.39 is 0 Å². The minimum absolute atomic E-state index is 0.0166. The van der Waals surface area contributed by atoms with Gasteiger partial charge in [0.25, 0.3) is 5.91 Å². The van der Waals surface area contributed by atoms with Crippen molar-refractivity contribution in [1.29, 1.82) is 0 Å². The first kappa shape index (κ1) is 23.5. The van der Waals surface area contributed by atoms with Crippen molar-refractivity contribution in [2.45, 2.75) is 26.8 Å². The smallest absolute Gasteiger partial charge is 0.253 e. The third kappa shape index (κ3) is 6.17. The van der Waals surface area contributed by atoms with Crippen LogP contribution in [0.3, 0.4) is 0 Å². The number of hydrogen-bond donors (Lipinski definition) is 2. The molecule has 7 nitrogen and oxygen atoms in total. The SMILES string of the molecule is CC(C)C(=O)N1CCN(CC(=O)Nc2ccccc2C(=O)NC(C)c2ccccc2)CC1. The maximum Gasteiger partial charge on any atom is 0.253 e. The van der Waals surface area contributed by atoms with Gasteiger partial charge < -0.3 is 15.5 Å². The van der Waals surface area contributed by atoms with Gasteiger partial charge in [-0.1, -0.05) is 56.3 Å². The topological polar surface area (TPSA) is 81.8 Å². The molecule has 0 spiro atoms. The molecule has 32 heavy (non-hydrogen) atoms. The number of carbonyl (C=O) groups is 3. The minimum atomic E-state index is -0.238. The Labute approximate surface area is 189 Å². The molecule has 3 amide bonds. The molecule has 1 fully saturated rings. The first-order chi connectivity index (χ1) is 15.3. The van der Waals surface area contributed by atoms with Crippen LogP contribution in [0.5, 0.6) is 0 Å². The summed E-state index contributed by atoms with van der Waals surface area (Å²) < 4.78 is 0. The van der Waals surface area contributed by atoms with Crippen molar-refractivity contribution >= 4 is 23.4 Å². The largest absolute Gasteiger partial charge is 0.345 e. The van der Waals surface area contributed by atoms with Crippen molar-refractivity contribution in [3.63, 3.8) is 0 Å². The molecule has 1 unspecified atom stereocenters. The zero-order valence-corrected chi connectivity index (χ0v) is 19.0. The van der Waals surface area contributed by atoms with Crippen molar-refractivity contribution in [1.82, 2.24) is 15.1 Å². The Morgan fingerprint density at radius 2 is 1.50 bits per heavy atom. The average molecular weight is 437 g/mol. The Bertz CT molecular complexity index is 937. The summed E-state index contributed by atoms with van der Waals surface area (Å²) in [5, 5.41) is 5.88. The lowest BCUT2D eigenvalue weighted by Crippen LogP contribution is -2.51. The summed E-state index contributed by atoms with van der Waals surface area (Å²) >= 11 is 0. The van der Waals surface area contributed by atoms with E-state index in [1.165, 1.54) is 0 Å². The fourth-order valence-corrected chi connectivity index (χ4v) is 3.77. The zero-order chi connectivity index (χ0) is 23.1. The van der Waals surface area contributed by atoms with Gasteiger partial charge in [0, 0.05) is 32.1 Å². The number of nitrogens with one attached hydrogen (secondary N) is 2. The Kier molecular flexibility index (Phi) is 8.00. The number of hydrogen-bond acceptors (Lipinski definition) is 4.